The highest BCUT2D eigenvalue weighted by Crippen LogP contribution is 2.44. The summed E-state index contributed by atoms with van der Waals surface area (Å²) in [4.78, 5) is 0. The zero-order valence-corrected chi connectivity index (χ0v) is 19.0. The van der Waals surface area contributed by atoms with Crippen LogP contribution in [0.1, 0.15) is 101 Å². The SMILES string of the molecule is CCCC1CCC(C2CCC(C3CCC(c4ccc(C)c(F)c4F)CC3)CO2)CC1. The lowest BCUT2D eigenvalue weighted by Crippen LogP contribution is -2.37. The van der Waals surface area contributed by atoms with Gasteiger partial charge in [-0.05, 0) is 99.0 Å². The molecule has 3 aliphatic rings. The van der Waals surface area contributed by atoms with Gasteiger partial charge >= 0.3 is 0 Å². The van der Waals surface area contributed by atoms with E-state index in [-0.39, 0.29) is 5.92 Å². The number of benzene rings is 1. The fourth-order valence-corrected chi connectivity index (χ4v) is 6.67. The van der Waals surface area contributed by atoms with Gasteiger partial charge in [0.05, 0.1) is 12.7 Å². The van der Waals surface area contributed by atoms with Crippen molar-refractivity contribution < 1.29 is 13.5 Å². The zero-order valence-electron chi connectivity index (χ0n) is 19.0. The third kappa shape index (κ3) is 4.92. The maximum absolute atomic E-state index is 14.4. The normalized spacial score (nSPS) is 35.3. The second-order valence-electron chi connectivity index (χ2n) is 10.5. The molecule has 3 fully saturated rings. The number of halogens is 2. The highest BCUT2D eigenvalue weighted by atomic mass is 19.2. The first-order valence-corrected chi connectivity index (χ1v) is 12.6. The van der Waals surface area contributed by atoms with E-state index in [1.807, 2.05) is 6.07 Å². The summed E-state index contributed by atoms with van der Waals surface area (Å²) in [5, 5.41) is 0. The van der Waals surface area contributed by atoms with Crippen molar-refractivity contribution in [1.29, 1.82) is 0 Å². The van der Waals surface area contributed by atoms with Crippen LogP contribution in [0.3, 0.4) is 0 Å². The van der Waals surface area contributed by atoms with Crippen molar-refractivity contribution >= 4 is 0 Å². The Morgan fingerprint density at radius 1 is 0.800 bits per heavy atom. The molecule has 0 amide bonds. The molecule has 2 aliphatic carbocycles. The molecule has 1 heterocycles. The van der Waals surface area contributed by atoms with E-state index in [0.29, 0.717) is 29.1 Å². The maximum atomic E-state index is 14.4. The molecule has 0 aromatic heterocycles. The Hall–Kier alpha value is -0.960. The predicted molar refractivity (Wildman–Crippen MR) is 119 cm³/mol. The van der Waals surface area contributed by atoms with E-state index in [1.54, 1.807) is 13.0 Å². The molecule has 2 unspecified atom stereocenters. The molecule has 0 radical (unpaired) electrons. The quantitative estimate of drug-likeness (QED) is 0.471. The van der Waals surface area contributed by atoms with Crippen LogP contribution in [0, 0.1) is 42.2 Å². The Bertz CT molecular complexity index is 678. The summed E-state index contributed by atoms with van der Waals surface area (Å²) in [5.41, 5.74) is 0.993. The van der Waals surface area contributed by atoms with Gasteiger partial charge in [-0.2, -0.15) is 0 Å². The number of rotatable bonds is 5. The number of hydrogen-bond acceptors (Lipinski definition) is 1. The second kappa shape index (κ2) is 10.1. The van der Waals surface area contributed by atoms with Crippen molar-refractivity contribution in [3.8, 4) is 0 Å². The Balaban J connectivity index is 1.23. The van der Waals surface area contributed by atoms with Crippen molar-refractivity contribution in [3.05, 3.63) is 34.9 Å². The molecule has 1 aromatic rings. The lowest BCUT2D eigenvalue weighted by Gasteiger charge is -2.41. The molecule has 1 aromatic carbocycles. The molecule has 1 nitrogen and oxygen atoms in total. The van der Waals surface area contributed by atoms with Crippen LogP contribution < -0.4 is 0 Å². The van der Waals surface area contributed by atoms with Crippen LogP contribution in [0.4, 0.5) is 8.78 Å². The molecule has 2 atom stereocenters. The molecule has 1 aliphatic heterocycles. The van der Waals surface area contributed by atoms with E-state index >= 15 is 0 Å². The van der Waals surface area contributed by atoms with Crippen molar-refractivity contribution in [3.63, 3.8) is 0 Å². The molecule has 30 heavy (non-hydrogen) atoms. The standard InChI is InChI=1S/C27H40F2O/c1-3-4-19-6-8-22(9-7-19)25-16-14-23(17-30-25)20-10-12-21(13-11-20)24-15-5-18(2)26(28)27(24)29/h5,15,19-23,25H,3-4,6-14,16-17H2,1-2H3. The van der Waals surface area contributed by atoms with E-state index in [4.69, 9.17) is 4.74 Å². The summed E-state index contributed by atoms with van der Waals surface area (Å²) >= 11 is 0. The van der Waals surface area contributed by atoms with Crippen molar-refractivity contribution in [2.75, 3.05) is 6.61 Å². The van der Waals surface area contributed by atoms with E-state index < -0.39 is 11.6 Å². The van der Waals surface area contributed by atoms with E-state index in [9.17, 15) is 8.78 Å². The molecule has 3 heteroatoms. The highest BCUT2D eigenvalue weighted by molar-refractivity contribution is 5.28. The average molecular weight is 419 g/mol. The highest BCUT2D eigenvalue weighted by Gasteiger charge is 2.36. The van der Waals surface area contributed by atoms with Gasteiger partial charge in [-0.25, -0.2) is 8.78 Å². The van der Waals surface area contributed by atoms with E-state index in [1.165, 1.54) is 51.4 Å². The van der Waals surface area contributed by atoms with Crippen LogP contribution in [0.2, 0.25) is 0 Å². The number of hydrogen-bond donors (Lipinski definition) is 0. The van der Waals surface area contributed by atoms with Crippen molar-refractivity contribution in [2.45, 2.75) is 103 Å². The summed E-state index contributed by atoms with van der Waals surface area (Å²) in [6.07, 6.45) is 15.5. The third-order valence-electron chi connectivity index (χ3n) is 8.64. The van der Waals surface area contributed by atoms with Gasteiger partial charge in [0.25, 0.3) is 0 Å². The van der Waals surface area contributed by atoms with Gasteiger partial charge in [0, 0.05) is 0 Å². The van der Waals surface area contributed by atoms with Gasteiger partial charge in [-0.15, -0.1) is 0 Å². The molecule has 2 saturated carbocycles. The molecule has 0 bridgehead atoms. The van der Waals surface area contributed by atoms with Crippen LogP contribution in [-0.4, -0.2) is 12.7 Å². The second-order valence-corrected chi connectivity index (χ2v) is 10.5. The lowest BCUT2D eigenvalue weighted by atomic mass is 9.71. The summed E-state index contributed by atoms with van der Waals surface area (Å²) < 4.78 is 34.8. The first kappa shape index (κ1) is 22.2. The molecule has 4 rings (SSSR count). The van der Waals surface area contributed by atoms with Crippen molar-refractivity contribution in [2.24, 2.45) is 23.7 Å². The van der Waals surface area contributed by atoms with Crippen LogP contribution in [0.25, 0.3) is 0 Å². The number of ether oxygens (including phenoxy) is 1. The van der Waals surface area contributed by atoms with Crippen molar-refractivity contribution in [1.82, 2.24) is 0 Å². The van der Waals surface area contributed by atoms with Gasteiger partial charge in [0.15, 0.2) is 11.6 Å². The lowest BCUT2D eigenvalue weighted by molar-refractivity contribution is -0.0732. The average Bonchev–Trinajstić information content (AvgIpc) is 2.79. The Labute approximate surface area is 182 Å². The number of aryl methyl sites for hydroxylation is 1. The first-order valence-electron chi connectivity index (χ1n) is 12.6. The van der Waals surface area contributed by atoms with Gasteiger partial charge in [-0.1, -0.05) is 44.7 Å². The third-order valence-corrected chi connectivity index (χ3v) is 8.64. The van der Waals surface area contributed by atoms with Crippen LogP contribution >= 0.6 is 0 Å². The molecular weight excluding hydrogens is 378 g/mol. The minimum absolute atomic E-state index is 0.173. The van der Waals surface area contributed by atoms with Gasteiger partial charge in [0.1, 0.15) is 0 Å². The smallest absolute Gasteiger partial charge is 0.162 e. The molecular formula is C27H40F2O. The van der Waals surface area contributed by atoms with E-state index in [0.717, 1.165) is 44.1 Å². The van der Waals surface area contributed by atoms with Crippen LogP contribution in [0.5, 0.6) is 0 Å². The predicted octanol–water partition coefficient (Wildman–Crippen LogP) is 7.95. The van der Waals surface area contributed by atoms with Gasteiger partial charge in [0.2, 0.25) is 0 Å². The van der Waals surface area contributed by atoms with E-state index in [2.05, 4.69) is 6.92 Å². The minimum atomic E-state index is -0.662. The molecule has 0 spiro atoms. The van der Waals surface area contributed by atoms with Gasteiger partial charge < -0.3 is 4.74 Å². The largest absolute Gasteiger partial charge is 0.378 e. The minimum Gasteiger partial charge on any atom is -0.378 e. The maximum Gasteiger partial charge on any atom is 0.162 e. The summed E-state index contributed by atoms with van der Waals surface area (Å²) in [6, 6.07) is 3.53. The Kier molecular flexibility index (Phi) is 7.49. The van der Waals surface area contributed by atoms with Crippen LogP contribution in [-0.2, 0) is 4.74 Å². The van der Waals surface area contributed by atoms with Crippen LogP contribution in [0.15, 0.2) is 12.1 Å². The molecule has 1 saturated heterocycles. The first-order chi connectivity index (χ1) is 14.6. The Morgan fingerprint density at radius 2 is 1.47 bits per heavy atom. The fourth-order valence-electron chi connectivity index (χ4n) is 6.67. The summed E-state index contributed by atoms with van der Waals surface area (Å²) in [6.45, 7) is 4.86. The molecule has 168 valence electrons. The summed E-state index contributed by atoms with van der Waals surface area (Å²) in [5.74, 6) is 2.01. The van der Waals surface area contributed by atoms with Gasteiger partial charge in [-0.3, -0.25) is 0 Å². The monoisotopic (exact) mass is 418 g/mol. The zero-order chi connectivity index (χ0) is 21.1. The fraction of sp³-hybridized carbons (Fsp3) is 0.778. The summed E-state index contributed by atoms with van der Waals surface area (Å²) in [7, 11) is 0. The molecule has 0 N–H and O–H groups in total. The Morgan fingerprint density at radius 3 is 2.10 bits per heavy atom. The topological polar surface area (TPSA) is 9.23 Å².